The fourth-order valence-corrected chi connectivity index (χ4v) is 2.99. The molecule has 0 aromatic carbocycles. The van der Waals surface area contributed by atoms with E-state index in [-0.39, 0.29) is 11.9 Å². The average Bonchev–Trinajstić information content (AvgIpc) is 2.81. The van der Waals surface area contributed by atoms with Gasteiger partial charge in [-0.25, -0.2) is 4.39 Å². The molecule has 2 heterocycles. The average molecular weight is 299 g/mol. The number of hydrogen-bond donors (Lipinski definition) is 1. The maximum Gasteiger partial charge on any atom is 0.141 e. The molecule has 0 radical (unpaired) electrons. The van der Waals surface area contributed by atoms with Crippen molar-refractivity contribution >= 4 is 22.9 Å². The lowest BCUT2D eigenvalue weighted by molar-refractivity contribution is 0.517. The first-order chi connectivity index (χ1) is 9.19. The monoisotopic (exact) mass is 298 g/mol. The number of hydrogen-bond acceptors (Lipinski definition) is 3. The summed E-state index contributed by atoms with van der Waals surface area (Å²) in [4.78, 5) is 5.37. The summed E-state index contributed by atoms with van der Waals surface area (Å²) in [7, 11) is 0. The fraction of sp³-hybridized carbons (Fsp3) is 0.357. The van der Waals surface area contributed by atoms with Crippen LogP contribution in [0, 0.1) is 5.82 Å². The Bertz CT molecular complexity index is 512. The molecule has 0 bridgehead atoms. The molecule has 0 spiro atoms. The lowest BCUT2D eigenvalue weighted by Crippen LogP contribution is -2.24. The van der Waals surface area contributed by atoms with Gasteiger partial charge in [0.15, 0.2) is 0 Å². The number of aromatic nitrogens is 1. The van der Waals surface area contributed by atoms with E-state index in [4.69, 9.17) is 11.6 Å². The normalized spacial score (nSPS) is 12.6. The van der Waals surface area contributed by atoms with Crippen molar-refractivity contribution in [3.63, 3.8) is 0 Å². The van der Waals surface area contributed by atoms with E-state index in [1.165, 1.54) is 17.1 Å². The van der Waals surface area contributed by atoms with Gasteiger partial charge < -0.3 is 5.32 Å². The molecule has 0 aliphatic rings. The number of nitrogens with one attached hydrogen (secondary N) is 1. The molecule has 2 aromatic rings. The molecule has 2 aromatic heterocycles. The third kappa shape index (κ3) is 4.27. The van der Waals surface area contributed by atoms with Crippen LogP contribution in [0.3, 0.4) is 0 Å². The van der Waals surface area contributed by atoms with Gasteiger partial charge in [0.05, 0.1) is 22.3 Å². The molecule has 0 fully saturated rings. The summed E-state index contributed by atoms with van der Waals surface area (Å²) < 4.78 is 13.7. The van der Waals surface area contributed by atoms with Gasteiger partial charge in [-0.05, 0) is 37.2 Å². The van der Waals surface area contributed by atoms with Crippen LogP contribution < -0.4 is 5.32 Å². The summed E-state index contributed by atoms with van der Waals surface area (Å²) in [5.74, 6) is -0.308. The van der Waals surface area contributed by atoms with E-state index in [2.05, 4.69) is 17.2 Å². The Morgan fingerprint density at radius 2 is 2.21 bits per heavy atom. The predicted molar refractivity (Wildman–Crippen MR) is 78.3 cm³/mol. The predicted octanol–water partition coefficient (Wildman–Crippen LogP) is 4.22. The highest BCUT2D eigenvalue weighted by Crippen LogP contribution is 2.26. The largest absolute Gasteiger partial charge is 0.308 e. The van der Waals surface area contributed by atoms with Crippen molar-refractivity contribution < 1.29 is 4.39 Å². The van der Waals surface area contributed by atoms with Gasteiger partial charge in [0.1, 0.15) is 5.82 Å². The molecule has 2 nitrogen and oxygen atoms in total. The Balaban J connectivity index is 2.13. The Hall–Kier alpha value is -0.970. The van der Waals surface area contributed by atoms with Crippen LogP contribution in [0.15, 0.2) is 30.5 Å². The van der Waals surface area contributed by atoms with Crippen molar-refractivity contribution in [1.29, 1.82) is 0 Å². The fourth-order valence-electron chi connectivity index (χ4n) is 1.86. The zero-order valence-electron chi connectivity index (χ0n) is 10.7. The van der Waals surface area contributed by atoms with Gasteiger partial charge in [-0.1, -0.05) is 18.5 Å². The van der Waals surface area contributed by atoms with Gasteiger partial charge >= 0.3 is 0 Å². The number of thiophene rings is 1. The molecule has 0 aliphatic carbocycles. The molecule has 1 unspecified atom stereocenters. The summed E-state index contributed by atoms with van der Waals surface area (Å²) in [6.07, 6.45) is 3.12. The molecule has 1 N–H and O–H groups in total. The van der Waals surface area contributed by atoms with E-state index >= 15 is 0 Å². The summed E-state index contributed by atoms with van der Waals surface area (Å²) >= 11 is 7.52. The molecular weight excluding hydrogens is 283 g/mol. The second kappa shape index (κ2) is 6.98. The van der Waals surface area contributed by atoms with Gasteiger partial charge in [0.25, 0.3) is 0 Å². The number of halogens is 2. The Kier molecular flexibility index (Phi) is 5.31. The van der Waals surface area contributed by atoms with Crippen LogP contribution in [0.25, 0.3) is 0 Å². The minimum atomic E-state index is -0.308. The molecular formula is C14H16ClFN2S. The van der Waals surface area contributed by atoms with Crippen LogP contribution in [0.5, 0.6) is 0 Å². The first kappa shape index (κ1) is 14.4. The molecule has 19 heavy (non-hydrogen) atoms. The highest BCUT2D eigenvalue weighted by atomic mass is 35.5. The third-order valence-corrected chi connectivity index (χ3v) is 4.04. The summed E-state index contributed by atoms with van der Waals surface area (Å²) in [5.41, 5.74) is 0.861. The van der Waals surface area contributed by atoms with E-state index in [1.807, 2.05) is 12.1 Å². The second-order valence-electron chi connectivity index (χ2n) is 4.32. The van der Waals surface area contributed by atoms with Crippen LogP contribution in [0.2, 0.25) is 4.34 Å². The number of pyridine rings is 1. The molecule has 2 rings (SSSR count). The van der Waals surface area contributed by atoms with Crippen LogP contribution in [0.1, 0.15) is 30.0 Å². The first-order valence-electron chi connectivity index (χ1n) is 6.28. The van der Waals surface area contributed by atoms with Crippen molar-refractivity contribution in [2.45, 2.75) is 25.8 Å². The summed E-state index contributed by atoms with van der Waals surface area (Å²) in [6, 6.07) is 7.20. The highest BCUT2D eigenvalue weighted by Gasteiger charge is 2.14. The SMILES string of the molecule is CCCNC(Cc1ccc(Cl)s1)c1ccc(F)cn1. The number of nitrogens with zero attached hydrogens (tertiary/aromatic N) is 1. The second-order valence-corrected chi connectivity index (χ2v) is 6.12. The minimum Gasteiger partial charge on any atom is -0.308 e. The zero-order chi connectivity index (χ0) is 13.7. The standard InChI is InChI=1S/C14H16ClFN2S/c1-2-7-17-13(8-11-4-6-14(15)19-11)12-5-3-10(16)9-18-12/h3-6,9,13,17H,2,7-8H2,1H3. The van der Waals surface area contributed by atoms with E-state index in [9.17, 15) is 4.39 Å². The van der Waals surface area contributed by atoms with E-state index < -0.39 is 0 Å². The van der Waals surface area contributed by atoms with E-state index in [1.54, 1.807) is 17.4 Å². The first-order valence-corrected chi connectivity index (χ1v) is 7.47. The maximum absolute atomic E-state index is 12.9. The summed E-state index contributed by atoms with van der Waals surface area (Å²) in [6.45, 7) is 3.02. The van der Waals surface area contributed by atoms with Crippen molar-refractivity contribution in [3.8, 4) is 0 Å². The molecule has 0 aliphatic heterocycles. The van der Waals surface area contributed by atoms with Gasteiger partial charge in [0, 0.05) is 11.3 Å². The highest BCUT2D eigenvalue weighted by molar-refractivity contribution is 7.16. The molecule has 5 heteroatoms. The smallest absolute Gasteiger partial charge is 0.141 e. The minimum absolute atomic E-state index is 0.0928. The molecule has 0 amide bonds. The van der Waals surface area contributed by atoms with Crippen molar-refractivity contribution in [2.75, 3.05) is 6.54 Å². The van der Waals surface area contributed by atoms with Gasteiger partial charge in [-0.2, -0.15) is 0 Å². The van der Waals surface area contributed by atoms with Crippen LogP contribution in [-0.2, 0) is 6.42 Å². The van der Waals surface area contributed by atoms with Gasteiger partial charge in [-0.3, -0.25) is 4.98 Å². The van der Waals surface area contributed by atoms with Gasteiger partial charge in [0.2, 0.25) is 0 Å². The topological polar surface area (TPSA) is 24.9 Å². The maximum atomic E-state index is 12.9. The van der Waals surface area contributed by atoms with Gasteiger partial charge in [-0.15, -0.1) is 11.3 Å². The zero-order valence-corrected chi connectivity index (χ0v) is 12.3. The molecule has 0 saturated heterocycles. The Morgan fingerprint density at radius 3 is 2.79 bits per heavy atom. The van der Waals surface area contributed by atoms with Crippen LogP contribution in [0.4, 0.5) is 4.39 Å². The van der Waals surface area contributed by atoms with Crippen molar-refractivity contribution in [1.82, 2.24) is 10.3 Å². The van der Waals surface area contributed by atoms with E-state index in [0.29, 0.717) is 0 Å². The Morgan fingerprint density at radius 1 is 1.37 bits per heavy atom. The van der Waals surface area contributed by atoms with Crippen LogP contribution in [-0.4, -0.2) is 11.5 Å². The molecule has 0 saturated carbocycles. The number of rotatable bonds is 6. The summed E-state index contributed by atoms with van der Waals surface area (Å²) in [5, 5.41) is 3.44. The van der Waals surface area contributed by atoms with Crippen molar-refractivity contribution in [3.05, 3.63) is 51.2 Å². The molecule has 102 valence electrons. The van der Waals surface area contributed by atoms with E-state index in [0.717, 1.165) is 29.4 Å². The third-order valence-electron chi connectivity index (χ3n) is 2.78. The molecule has 1 atom stereocenters. The lowest BCUT2D eigenvalue weighted by Gasteiger charge is -2.17. The lowest BCUT2D eigenvalue weighted by atomic mass is 10.1. The quantitative estimate of drug-likeness (QED) is 0.864. The Labute approximate surface area is 121 Å². The van der Waals surface area contributed by atoms with Crippen molar-refractivity contribution in [2.24, 2.45) is 0 Å². The van der Waals surface area contributed by atoms with Crippen LogP contribution >= 0.6 is 22.9 Å².